The van der Waals surface area contributed by atoms with Crippen molar-refractivity contribution < 1.29 is 4.79 Å². The minimum absolute atomic E-state index is 0.560. The van der Waals surface area contributed by atoms with Gasteiger partial charge < -0.3 is 5.53 Å². The van der Waals surface area contributed by atoms with Crippen LogP contribution in [0.15, 0.2) is 57.5 Å². The largest absolute Gasteiger partial charge is 0.361 e. The van der Waals surface area contributed by atoms with E-state index in [1.807, 2.05) is 48.5 Å². The summed E-state index contributed by atoms with van der Waals surface area (Å²) in [5.74, 6) is 0. The molecule has 2 aromatic carbocycles. The van der Waals surface area contributed by atoms with Gasteiger partial charge in [-0.2, -0.15) is 4.79 Å². The summed E-state index contributed by atoms with van der Waals surface area (Å²) in [6.45, 7) is 0. The molecule has 84 valence electrons. The van der Waals surface area contributed by atoms with E-state index in [1.54, 1.807) is 0 Å². The highest BCUT2D eigenvalue weighted by molar-refractivity contribution is 9.10. The fourth-order valence-corrected chi connectivity index (χ4v) is 2.03. The van der Waals surface area contributed by atoms with E-state index < -0.39 is 0 Å². The molecule has 2 nitrogen and oxygen atoms in total. The van der Waals surface area contributed by atoms with Gasteiger partial charge in [-0.25, -0.2) is 0 Å². The molecule has 0 bridgehead atoms. The summed E-state index contributed by atoms with van der Waals surface area (Å²) >= 11 is 6.75. The Morgan fingerprint density at radius 3 is 1.41 bits per heavy atom. The van der Waals surface area contributed by atoms with Crippen LogP contribution in [0.2, 0.25) is 0 Å². The topological polar surface area (TPSA) is 36.4 Å². The first kappa shape index (κ1) is 12.2. The first-order chi connectivity index (χ1) is 8.20. The Balaban J connectivity index is 2.44. The fourth-order valence-electron chi connectivity index (χ4n) is 1.50. The van der Waals surface area contributed by atoms with Gasteiger partial charge in [0.1, 0.15) is 0 Å². The Kier molecular flexibility index (Phi) is 3.89. The smallest absolute Gasteiger partial charge is 0.329 e. The van der Waals surface area contributed by atoms with Gasteiger partial charge in [-0.05, 0) is 48.5 Å². The molecular weight excluding hydrogens is 344 g/mol. The van der Waals surface area contributed by atoms with Gasteiger partial charge in [-0.1, -0.05) is 31.9 Å². The van der Waals surface area contributed by atoms with Gasteiger partial charge in [-0.3, -0.25) is 0 Å². The van der Waals surface area contributed by atoms with Crippen LogP contribution in [-0.2, 0) is 0 Å². The summed E-state index contributed by atoms with van der Waals surface area (Å²) in [4.78, 5) is 3.37. The van der Waals surface area contributed by atoms with Gasteiger partial charge in [0, 0.05) is 8.95 Å². The summed E-state index contributed by atoms with van der Waals surface area (Å²) in [6, 6.07) is 15.3. The van der Waals surface area contributed by atoms with Crippen LogP contribution < -0.4 is 0 Å². The van der Waals surface area contributed by atoms with Crippen LogP contribution in [0.4, 0.5) is 0 Å². The molecule has 0 atom stereocenters. The fraction of sp³-hybridized carbons (Fsp3) is 0. The Hall–Kier alpha value is -1.22. The zero-order valence-corrected chi connectivity index (χ0v) is 11.9. The van der Waals surface area contributed by atoms with Crippen LogP contribution in [0, 0.1) is 0 Å². The van der Waals surface area contributed by atoms with Crippen molar-refractivity contribution in [2.24, 2.45) is 0 Å². The van der Waals surface area contributed by atoms with E-state index in [4.69, 9.17) is 5.53 Å². The third-order valence-corrected chi connectivity index (χ3v) is 3.39. The Morgan fingerprint density at radius 2 is 1.12 bits per heavy atom. The zero-order chi connectivity index (χ0) is 12.3. The van der Waals surface area contributed by atoms with Gasteiger partial charge in [0.2, 0.25) is 0 Å². The van der Waals surface area contributed by atoms with E-state index in [0.29, 0.717) is 5.71 Å². The second kappa shape index (κ2) is 5.41. The van der Waals surface area contributed by atoms with Crippen molar-refractivity contribution in [2.75, 3.05) is 0 Å². The highest BCUT2D eigenvalue weighted by atomic mass is 79.9. The molecule has 0 aliphatic carbocycles. The van der Waals surface area contributed by atoms with Crippen LogP contribution in [0.3, 0.4) is 0 Å². The van der Waals surface area contributed by atoms with E-state index in [-0.39, 0.29) is 0 Å². The van der Waals surface area contributed by atoms with Crippen LogP contribution in [-0.4, -0.2) is 10.5 Å². The van der Waals surface area contributed by atoms with Crippen molar-refractivity contribution in [1.82, 2.24) is 0 Å². The normalized spacial score (nSPS) is 9.76. The minimum atomic E-state index is 0.560. The van der Waals surface area contributed by atoms with Crippen molar-refractivity contribution in [3.05, 3.63) is 74.1 Å². The van der Waals surface area contributed by atoms with E-state index in [0.717, 1.165) is 20.1 Å². The molecule has 0 N–H and O–H groups in total. The van der Waals surface area contributed by atoms with Gasteiger partial charge >= 0.3 is 5.71 Å². The molecule has 2 aromatic rings. The predicted molar refractivity (Wildman–Crippen MR) is 75.1 cm³/mol. The summed E-state index contributed by atoms with van der Waals surface area (Å²) in [6.07, 6.45) is 0. The van der Waals surface area contributed by atoms with Gasteiger partial charge in [-0.15, -0.1) is 0 Å². The van der Waals surface area contributed by atoms with Gasteiger partial charge in [0.05, 0.1) is 11.1 Å². The Morgan fingerprint density at radius 1 is 0.765 bits per heavy atom. The molecule has 0 heterocycles. The molecule has 0 fully saturated rings. The van der Waals surface area contributed by atoms with Crippen molar-refractivity contribution in [2.45, 2.75) is 0 Å². The minimum Gasteiger partial charge on any atom is -0.361 e. The van der Waals surface area contributed by atoms with Crippen LogP contribution in [0.5, 0.6) is 0 Å². The number of nitrogens with zero attached hydrogens (tertiary/aromatic N) is 2. The third kappa shape index (κ3) is 2.91. The van der Waals surface area contributed by atoms with E-state index >= 15 is 0 Å². The SMILES string of the molecule is [N-]=[N+]=C(c1ccc(Br)cc1)c1ccc(Br)cc1. The van der Waals surface area contributed by atoms with Crippen molar-refractivity contribution in [1.29, 1.82) is 0 Å². The monoisotopic (exact) mass is 350 g/mol. The molecule has 0 radical (unpaired) electrons. The number of hydrogen-bond acceptors (Lipinski definition) is 0. The molecule has 2 rings (SSSR count). The van der Waals surface area contributed by atoms with E-state index in [1.165, 1.54) is 0 Å². The first-order valence-corrected chi connectivity index (χ1v) is 6.53. The maximum absolute atomic E-state index is 9.14. The Bertz CT molecular complexity index is 520. The lowest BCUT2D eigenvalue weighted by atomic mass is 10.0. The second-order valence-electron chi connectivity index (χ2n) is 3.46. The lowest BCUT2D eigenvalue weighted by Gasteiger charge is -1.98. The molecule has 17 heavy (non-hydrogen) atoms. The average molecular weight is 352 g/mol. The summed E-state index contributed by atoms with van der Waals surface area (Å²) in [5, 5.41) is 0. The number of rotatable bonds is 2. The summed E-state index contributed by atoms with van der Waals surface area (Å²) in [7, 11) is 0. The first-order valence-electron chi connectivity index (χ1n) is 4.94. The van der Waals surface area contributed by atoms with Gasteiger partial charge in [0.15, 0.2) is 0 Å². The average Bonchev–Trinajstić information content (AvgIpc) is 2.35. The molecule has 0 saturated heterocycles. The highest BCUT2D eigenvalue weighted by Gasteiger charge is 2.14. The lowest BCUT2D eigenvalue weighted by molar-refractivity contribution is -0.00279. The molecular formula is C13H8Br2N2. The molecule has 0 unspecified atom stereocenters. The standard InChI is InChI=1S/C13H8Br2N2/c14-11-5-1-9(2-6-11)13(17-16)10-3-7-12(15)8-4-10/h1-8H. The van der Waals surface area contributed by atoms with Crippen LogP contribution >= 0.6 is 31.9 Å². The van der Waals surface area contributed by atoms with Crippen molar-refractivity contribution >= 4 is 37.6 Å². The van der Waals surface area contributed by atoms with Crippen LogP contribution in [0.1, 0.15) is 11.1 Å². The summed E-state index contributed by atoms with van der Waals surface area (Å²) in [5.41, 5.74) is 11.4. The van der Waals surface area contributed by atoms with Gasteiger partial charge in [0.25, 0.3) is 0 Å². The quantitative estimate of drug-likeness (QED) is 0.440. The van der Waals surface area contributed by atoms with E-state index in [2.05, 4.69) is 36.6 Å². The highest BCUT2D eigenvalue weighted by Crippen LogP contribution is 2.16. The number of hydrogen-bond donors (Lipinski definition) is 0. The molecule has 0 amide bonds. The maximum Gasteiger partial charge on any atom is 0.329 e. The number of benzene rings is 2. The molecule has 4 heteroatoms. The third-order valence-electron chi connectivity index (χ3n) is 2.34. The molecule has 0 aliphatic heterocycles. The molecule has 0 spiro atoms. The number of halogens is 2. The molecule has 0 aliphatic rings. The van der Waals surface area contributed by atoms with Crippen LogP contribution in [0.25, 0.3) is 5.53 Å². The summed E-state index contributed by atoms with van der Waals surface area (Å²) < 4.78 is 1.99. The lowest BCUT2D eigenvalue weighted by Crippen LogP contribution is -2.03. The second-order valence-corrected chi connectivity index (χ2v) is 5.29. The molecule has 0 aromatic heterocycles. The zero-order valence-electron chi connectivity index (χ0n) is 8.77. The Labute approximate surface area is 116 Å². The molecule has 0 saturated carbocycles. The predicted octanol–water partition coefficient (Wildman–Crippen LogP) is 4.28. The van der Waals surface area contributed by atoms with E-state index in [9.17, 15) is 0 Å². The van der Waals surface area contributed by atoms with Crippen molar-refractivity contribution in [3.63, 3.8) is 0 Å². The maximum atomic E-state index is 9.14. The van der Waals surface area contributed by atoms with Crippen molar-refractivity contribution in [3.8, 4) is 0 Å².